The number of aryl methyl sites for hydroxylation is 2. The van der Waals surface area contributed by atoms with E-state index in [1.807, 2.05) is 18.7 Å². The predicted molar refractivity (Wildman–Crippen MR) is 73.5 cm³/mol. The first-order valence-corrected chi connectivity index (χ1v) is 6.73. The Labute approximate surface area is 110 Å². The van der Waals surface area contributed by atoms with Gasteiger partial charge in [0.2, 0.25) is 0 Å². The summed E-state index contributed by atoms with van der Waals surface area (Å²) in [6, 6.07) is 0. The van der Waals surface area contributed by atoms with Gasteiger partial charge in [-0.15, -0.1) is 0 Å². The normalized spacial score (nSPS) is 13.4. The molecule has 0 aliphatic rings. The van der Waals surface area contributed by atoms with Crippen molar-refractivity contribution in [3.8, 4) is 0 Å². The van der Waals surface area contributed by atoms with Gasteiger partial charge in [-0.3, -0.25) is 4.68 Å². The maximum absolute atomic E-state index is 6.29. The lowest BCUT2D eigenvalue weighted by Crippen LogP contribution is -2.28. The molecular formula is C13H24ClN3. The van der Waals surface area contributed by atoms with Crippen molar-refractivity contribution in [2.24, 2.45) is 18.9 Å². The van der Waals surface area contributed by atoms with Gasteiger partial charge in [-0.25, -0.2) is 0 Å². The van der Waals surface area contributed by atoms with Crippen LogP contribution in [0, 0.1) is 18.8 Å². The quantitative estimate of drug-likeness (QED) is 0.849. The Morgan fingerprint density at radius 2 is 2.06 bits per heavy atom. The van der Waals surface area contributed by atoms with E-state index in [9.17, 15) is 0 Å². The summed E-state index contributed by atoms with van der Waals surface area (Å²) in [5.41, 5.74) is 2.08. The molecule has 0 radical (unpaired) electrons. The monoisotopic (exact) mass is 257 g/mol. The number of hydrogen-bond acceptors (Lipinski definition) is 2. The molecule has 17 heavy (non-hydrogen) atoms. The first-order valence-electron chi connectivity index (χ1n) is 6.36. The number of rotatable bonds is 6. The number of nitrogens with zero attached hydrogens (tertiary/aromatic N) is 2. The molecule has 0 saturated carbocycles. The van der Waals surface area contributed by atoms with Gasteiger partial charge in [0, 0.05) is 7.05 Å². The Morgan fingerprint density at radius 3 is 2.47 bits per heavy atom. The van der Waals surface area contributed by atoms with Crippen molar-refractivity contribution in [2.75, 3.05) is 13.1 Å². The third-order valence-corrected chi connectivity index (χ3v) is 3.81. The van der Waals surface area contributed by atoms with Crippen molar-refractivity contribution in [2.45, 2.75) is 34.1 Å². The van der Waals surface area contributed by atoms with Gasteiger partial charge >= 0.3 is 0 Å². The van der Waals surface area contributed by atoms with Gasteiger partial charge in [0.1, 0.15) is 0 Å². The average molecular weight is 258 g/mol. The average Bonchev–Trinajstić information content (AvgIpc) is 2.49. The standard InChI is InChI=1S/C13H24ClN3/c1-6-15-8-11(9(2)3)7-12-13(14)10(4)16-17(12)5/h9,11,15H,6-8H2,1-5H3. The Bertz CT molecular complexity index is 358. The lowest BCUT2D eigenvalue weighted by Gasteiger charge is -2.21. The fraction of sp³-hybridized carbons (Fsp3) is 0.769. The summed E-state index contributed by atoms with van der Waals surface area (Å²) >= 11 is 6.29. The highest BCUT2D eigenvalue weighted by atomic mass is 35.5. The van der Waals surface area contributed by atoms with E-state index < -0.39 is 0 Å². The highest BCUT2D eigenvalue weighted by molar-refractivity contribution is 6.31. The molecule has 0 aromatic carbocycles. The van der Waals surface area contributed by atoms with Crippen molar-refractivity contribution in [3.05, 3.63) is 16.4 Å². The van der Waals surface area contributed by atoms with E-state index in [1.54, 1.807) is 0 Å². The summed E-state index contributed by atoms with van der Waals surface area (Å²) in [6.45, 7) is 10.7. The summed E-state index contributed by atoms with van der Waals surface area (Å²) in [6.07, 6.45) is 0.987. The lowest BCUT2D eigenvalue weighted by atomic mass is 9.91. The van der Waals surface area contributed by atoms with Crippen LogP contribution in [-0.4, -0.2) is 22.9 Å². The third kappa shape index (κ3) is 3.71. The first kappa shape index (κ1) is 14.5. The van der Waals surface area contributed by atoms with E-state index in [0.29, 0.717) is 11.8 Å². The first-order chi connectivity index (χ1) is 7.97. The summed E-state index contributed by atoms with van der Waals surface area (Å²) in [4.78, 5) is 0. The van der Waals surface area contributed by atoms with Crippen LogP contribution in [0.3, 0.4) is 0 Å². The predicted octanol–water partition coefficient (Wildman–Crippen LogP) is 2.81. The largest absolute Gasteiger partial charge is 0.317 e. The Hall–Kier alpha value is -0.540. The van der Waals surface area contributed by atoms with Gasteiger partial charge in [0.25, 0.3) is 0 Å². The van der Waals surface area contributed by atoms with Crippen LogP contribution in [0.15, 0.2) is 0 Å². The molecule has 1 atom stereocenters. The van der Waals surface area contributed by atoms with Gasteiger partial charge in [0.05, 0.1) is 16.4 Å². The van der Waals surface area contributed by atoms with Gasteiger partial charge in [-0.05, 0) is 38.3 Å². The van der Waals surface area contributed by atoms with Crippen LogP contribution in [0.4, 0.5) is 0 Å². The maximum atomic E-state index is 6.29. The van der Waals surface area contributed by atoms with Crippen LogP contribution >= 0.6 is 11.6 Å². The molecule has 1 N–H and O–H groups in total. The minimum atomic E-state index is 0.599. The molecule has 1 heterocycles. The second-order valence-electron chi connectivity index (χ2n) is 4.99. The molecule has 0 bridgehead atoms. The molecule has 0 saturated heterocycles. The third-order valence-electron chi connectivity index (χ3n) is 3.32. The van der Waals surface area contributed by atoms with Crippen LogP contribution in [0.1, 0.15) is 32.2 Å². The Balaban J connectivity index is 2.78. The van der Waals surface area contributed by atoms with Gasteiger partial charge < -0.3 is 5.32 Å². The van der Waals surface area contributed by atoms with E-state index in [-0.39, 0.29) is 0 Å². The minimum absolute atomic E-state index is 0.599. The zero-order chi connectivity index (χ0) is 13.0. The molecule has 4 heteroatoms. The van der Waals surface area contributed by atoms with Crippen molar-refractivity contribution < 1.29 is 0 Å². The highest BCUT2D eigenvalue weighted by Gasteiger charge is 2.19. The minimum Gasteiger partial charge on any atom is -0.317 e. The molecule has 0 aliphatic carbocycles. The molecule has 0 amide bonds. The second kappa shape index (κ2) is 6.41. The van der Waals surface area contributed by atoms with E-state index in [1.165, 1.54) is 0 Å². The fourth-order valence-corrected chi connectivity index (χ4v) is 2.26. The zero-order valence-corrected chi connectivity index (χ0v) is 12.3. The van der Waals surface area contributed by atoms with Crippen LogP contribution in [0.25, 0.3) is 0 Å². The SMILES string of the molecule is CCNCC(Cc1c(Cl)c(C)nn1C)C(C)C. The van der Waals surface area contributed by atoms with Crippen LogP contribution in [0.5, 0.6) is 0 Å². The Morgan fingerprint density at radius 1 is 1.41 bits per heavy atom. The molecule has 0 fully saturated rings. The summed E-state index contributed by atoms with van der Waals surface area (Å²) in [7, 11) is 1.97. The van der Waals surface area contributed by atoms with Crippen molar-refractivity contribution in [1.29, 1.82) is 0 Å². The van der Waals surface area contributed by atoms with Crippen molar-refractivity contribution in [1.82, 2.24) is 15.1 Å². The molecule has 98 valence electrons. The molecule has 1 aromatic heterocycles. The smallest absolute Gasteiger partial charge is 0.0847 e. The van der Waals surface area contributed by atoms with Crippen LogP contribution < -0.4 is 5.32 Å². The molecule has 0 spiro atoms. The zero-order valence-electron chi connectivity index (χ0n) is 11.5. The summed E-state index contributed by atoms with van der Waals surface area (Å²) < 4.78 is 1.92. The number of halogens is 1. The molecule has 0 aliphatic heterocycles. The summed E-state index contributed by atoms with van der Waals surface area (Å²) in [5, 5.41) is 8.62. The van der Waals surface area contributed by atoms with Gasteiger partial charge in [0.15, 0.2) is 0 Å². The van der Waals surface area contributed by atoms with Crippen LogP contribution in [-0.2, 0) is 13.5 Å². The summed E-state index contributed by atoms with van der Waals surface area (Å²) in [5.74, 6) is 1.24. The second-order valence-corrected chi connectivity index (χ2v) is 5.36. The van der Waals surface area contributed by atoms with E-state index in [0.717, 1.165) is 35.9 Å². The fourth-order valence-electron chi connectivity index (χ4n) is 2.02. The van der Waals surface area contributed by atoms with E-state index in [4.69, 9.17) is 11.6 Å². The topological polar surface area (TPSA) is 29.9 Å². The van der Waals surface area contributed by atoms with Gasteiger partial charge in [-0.2, -0.15) is 5.10 Å². The number of hydrogen-bond donors (Lipinski definition) is 1. The molecular weight excluding hydrogens is 234 g/mol. The highest BCUT2D eigenvalue weighted by Crippen LogP contribution is 2.24. The molecule has 1 unspecified atom stereocenters. The molecule has 3 nitrogen and oxygen atoms in total. The van der Waals surface area contributed by atoms with Crippen LogP contribution in [0.2, 0.25) is 5.02 Å². The number of nitrogens with one attached hydrogen (secondary N) is 1. The molecule has 1 rings (SSSR count). The van der Waals surface area contributed by atoms with E-state index >= 15 is 0 Å². The van der Waals surface area contributed by atoms with Gasteiger partial charge in [-0.1, -0.05) is 32.4 Å². The van der Waals surface area contributed by atoms with Crippen molar-refractivity contribution >= 4 is 11.6 Å². The molecule has 1 aromatic rings. The van der Waals surface area contributed by atoms with E-state index in [2.05, 4.69) is 31.2 Å². The van der Waals surface area contributed by atoms with Crippen molar-refractivity contribution in [3.63, 3.8) is 0 Å². The number of aromatic nitrogens is 2. The maximum Gasteiger partial charge on any atom is 0.0847 e. The Kier molecular flexibility index (Phi) is 5.47. The lowest BCUT2D eigenvalue weighted by molar-refractivity contribution is 0.356.